The summed E-state index contributed by atoms with van der Waals surface area (Å²) < 4.78 is 0. The third-order valence-corrected chi connectivity index (χ3v) is 5.54. The van der Waals surface area contributed by atoms with Crippen LogP contribution in [-0.4, -0.2) is 5.91 Å². The number of hydrazine groups is 1. The Labute approximate surface area is 117 Å². The molecule has 0 aliphatic heterocycles. The van der Waals surface area contributed by atoms with Gasteiger partial charge in [-0.15, -0.1) is 0 Å². The highest BCUT2D eigenvalue weighted by molar-refractivity contribution is 5.77. The standard InChI is InChI=1S/C16H30N2O/c1-2-3-12-4-6-13(7-5-12)14-8-10-15(11-9-14)16(19)18-17/h12-15H,2-11,17H2,1H3,(H,18,19)/t12-,13-,14-,15-. The van der Waals surface area contributed by atoms with Crippen LogP contribution in [0.25, 0.3) is 0 Å². The fourth-order valence-electron chi connectivity index (χ4n) is 4.33. The first-order valence-electron chi connectivity index (χ1n) is 8.25. The summed E-state index contributed by atoms with van der Waals surface area (Å²) in [5, 5.41) is 0. The molecular formula is C16H30N2O. The number of nitrogens with one attached hydrogen (secondary N) is 1. The van der Waals surface area contributed by atoms with Gasteiger partial charge >= 0.3 is 0 Å². The fraction of sp³-hybridized carbons (Fsp3) is 0.938. The van der Waals surface area contributed by atoms with E-state index in [2.05, 4.69) is 12.3 Å². The van der Waals surface area contributed by atoms with Gasteiger partial charge in [0.1, 0.15) is 0 Å². The van der Waals surface area contributed by atoms with Crippen LogP contribution in [0.5, 0.6) is 0 Å². The van der Waals surface area contributed by atoms with Crippen LogP contribution in [0.3, 0.4) is 0 Å². The van der Waals surface area contributed by atoms with Crippen LogP contribution in [0.2, 0.25) is 0 Å². The molecule has 0 unspecified atom stereocenters. The Bertz CT molecular complexity index is 276. The molecule has 19 heavy (non-hydrogen) atoms. The van der Waals surface area contributed by atoms with E-state index in [9.17, 15) is 4.79 Å². The maximum absolute atomic E-state index is 11.5. The highest BCUT2D eigenvalue weighted by Gasteiger charge is 2.32. The summed E-state index contributed by atoms with van der Waals surface area (Å²) in [6, 6.07) is 0. The highest BCUT2D eigenvalue weighted by Crippen LogP contribution is 2.42. The molecule has 1 amide bonds. The van der Waals surface area contributed by atoms with Gasteiger partial charge in [-0.1, -0.05) is 32.6 Å². The molecule has 0 radical (unpaired) electrons. The van der Waals surface area contributed by atoms with Gasteiger partial charge in [0, 0.05) is 5.92 Å². The van der Waals surface area contributed by atoms with Crippen LogP contribution >= 0.6 is 0 Å². The molecule has 2 aliphatic rings. The van der Waals surface area contributed by atoms with Crippen LogP contribution in [0, 0.1) is 23.7 Å². The minimum absolute atomic E-state index is 0.0464. The van der Waals surface area contributed by atoms with E-state index in [0.29, 0.717) is 0 Å². The van der Waals surface area contributed by atoms with Gasteiger partial charge in [0.25, 0.3) is 0 Å². The minimum Gasteiger partial charge on any atom is -0.294 e. The third-order valence-electron chi connectivity index (χ3n) is 5.54. The van der Waals surface area contributed by atoms with Gasteiger partial charge in [-0.05, 0) is 56.3 Å². The molecule has 3 N–H and O–H groups in total. The van der Waals surface area contributed by atoms with Gasteiger partial charge in [0.2, 0.25) is 5.91 Å². The first kappa shape index (κ1) is 14.8. The van der Waals surface area contributed by atoms with E-state index >= 15 is 0 Å². The Balaban J connectivity index is 1.72. The Morgan fingerprint density at radius 3 is 2.00 bits per heavy atom. The maximum atomic E-state index is 11.5. The van der Waals surface area contributed by atoms with Gasteiger partial charge < -0.3 is 0 Å². The molecule has 0 heterocycles. The molecule has 0 aromatic heterocycles. The molecule has 2 fully saturated rings. The molecule has 2 aliphatic carbocycles. The molecule has 2 rings (SSSR count). The summed E-state index contributed by atoms with van der Waals surface area (Å²) >= 11 is 0. The average molecular weight is 266 g/mol. The Morgan fingerprint density at radius 2 is 1.53 bits per heavy atom. The molecule has 0 spiro atoms. The first-order chi connectivity index (χ1) is 9.24. The summed E-state index contributed by atoms with van der Waals surface area (Å²) in [6.07, 6.45) is 13.1. The van der Waals surface area contributed by atoms with E-state index in [1.54, 1.807) is 0 Å². The van der Waals surface area contributed by atoms with E-state index < -0.39 is 0 Å². The largest absolute Gasteiger partial charge is 0.294 e. The summed E-state index contributed by atoms with van der Waals surface area (Å²) in [6.45, 7) is 2.30. The zero-order valence-corrected chi connectivity index (χ0v) is 12.4. The van der Waals surface area contributed by atoms with Crippen molar-refractivity contribution >= 4 is 5.91 Å². The number of nitrogens with two attached hydrogens (primary N) is 1. The van der Waals surface area contributed by atoms with Crippen molar-refractivity contribution in [2.75, 3.05) is 0 Å². The summed E-state index contributed by atoms with van der Waals surface area (Å²) in [5.41, 5.74) is 2.31. The van der Waals surface area contributed by atoms with E-state index in [1.165, 1.54) is 51.4 Å². The molecule has 0 aromatic rings. The number of carbonyl (C=O) groups excluding carboxylic acids is 1. The average Bonchev–Trinajstić information content (AvgIpc) is 2.48. The normalized spacial score (nSPS) is 35.9. The molecule has 3 nitrogen and oxygen atoms in total. The topological polar surface area (TPSA) is 55.1 Å². The van der Waals surface area contributed by atoms with Crippen molar-refractivity contribution in [3.63, 3.8) is 0 Å². The number of amides is 1. The predicted octanol–water partition coefficient (Wildman–Crippen LogP) is 3.39. The lowest BCUT2D eigenvalue weighted by atomic mass is 9.68. The Morgan fingerprint density at radius 1 is 1.00 bits per heavy atom. The lowest BCUT2D eigenvalue weighted by molar-refractivity contribution is -0.126. The van der Waals surface area contributed by atoms with E-state index in [-0.39, 0.29) is 11.8 Å². The molecule has 0 bridgehead atoms. The second-order valence-electron chi connectivity index (χ2n) is 6.69. The first-order valence-corrected chi connectivity index (χ1v) is 8.25. The van der Waals surface area contributed by atoms with Crippen LogP contribution in [0.4, 0.5) is 0 Å². The summed E-state index contributed by atoms with van der Waals surface area (Å²) in [5.74, 6) is 8.27. The van der Waals surface area contributed by atoms with Crippen LogP contribution in [0.1, 0.15) is 71.1 Å². The maximum Gasteiger partial charge on any atom is 0.236 e. The monoisotopic (exact) mass is 266 g/mol. The number of carbonyl (C=O) groups is 1. The van der Waals surface area contributed by atoms with Crippen LogP contribution < -0.4 is 11.3 Å². The van der Waals surface area contributed by atoms with Crippen molar-refractivity contribution in [1.82, 2.24) is 5.43 Å². The molecule has 0 saturated heterocycles. The van der Waals surface area contributed by atoms with Crippen molar-refractivity contribution < 1.29 is 4.79 Å². The van der Waals surface area contributed by atoms with Gasteiger partial charge in [0.15, 0.2) is 0 Å². The second-order valence-corrected chi connectivity index (χ2v) is 6.69. The molecule has 2 saturated carbocycles. The van der Waals surface area contributed by atoms with Crippen molar-refractivity contribution in [3.8, 4) is 0 Å². The highest BCUT2D eigenvalue weighted by atomic mass is 16.2. The molecule has 0 atom stereocenters. The smallest absolute Gasteiger partial charge is 0.236 e. The van der Waals surface area contributed by atoms with Gasteiger partial charge in [-0.3, -0.25) is 10.2 Å². The van der Waals surface area contributed by atoms with Crippen molar-refractivity contribution in [2.24, 2.45) is 29.5 Å². The van der Waals surface area contributed by atoms with Crippen molar-refractivity contribution in [2.45, 2.75) is 71.1 Å². The molecule has 0 aromatic carbocycles. The Kier molecular flexibility index (Phi) is 5.68. The molecular weight excluding hydrogens is 236 g/mol. The lowest BCUT2D eigenvalue weighted by Gasteiger charge is -2.37. The zero-order valence-electron chi connectivity index (χ0n) is 12.4. The molecule has 110 valence electrons. The van der Waals surface area contributed by atoms with E-state index in [1.807, 2.05) is 0 Å². The van der Waals surface area contributed by atoms with Gasteiger partial charge in [0.05, 0.1) is 0 Å². The third kappa shape index (κ3) is 3.95. The van der Waals surface area contributed by atoms with Crippen LogP contribution in [0.15, 0.2) is 0 Å². The summed E-state index contributed by atoms with van der Waals surface area (Å²) in [4.78, 5) is 11.5. The van der Waals surface area contributed by atoms with Crippen molar-refractivity contribution in [1.29, 1.82) is 0 Å². The number of hydrogen-bond acceptors (Lipinski definition) is 2. The zero-order chi connectivity index (χ0) is 13.7. The Hall–Kier alpha value is -0.570. The van der Waals surface area contributed by atoms with Gasteiger partial charge in [-0.25, -0.2) is 5.84 Å². The predicted molar refractivity (Wildman–Crippen MR) is 78.1 cm³/mol. The lowest BCUT2D eigenvalue weighted by Crippen LogP contribution is -2.38. The SMILES string of the molecule is CCC[C@H]1CC[C@H]([C@H]2CC[C@H](C(=O)NN)CC2)CC1. The van der Waals surface area contributed by atoms with E-state index in [0.717, 1.165) is 30.6 Å². The summed E-state index contributed by atoms with van der Waals surface area (Å²) in [7, 11) is 0. The van der Waals surface area contributed by atoms with E-state index in [4.69, 9.17) is 5.84 Å². The van der Waals surface area contributed by atoms with Crippen molar-refractivity contribution in [3.05, 3.63) is 0 Å². The quantitative estimate of drug-likeness (QED) is 0.465. The number of hydrogen-bond donors (Lipinski definition) is 2. The number of rotatable bonds is 4. The fourth-order valence-corrected chi connectivity index (χ4v) is 4.33. The molecule has 3 heteroatoms. The van der Waals surface area contributed by atoms with Gasteiger partial charge in [-0.2, -0.15) is 0 Å². The van der Waals surface area contributed by atoms with Crippen LogP contribution in [-0.2, 0) is 4.79 Å². The minimum atomic E-state index is 0.0464. The second kappa shape index (κ2) is 7.28.